The van der Waals surface area contributed by atoms with E-state index in [4.69, 9.17) is 5.73 Å². The third kappa shape index (κ3) is 2.02. The Morgan fingerprint density at radius 2 is 2.00 bits per heavy atom. The van der Waals surface area contributed by atoms with Crippen LogP contribution in [0.25, 0.3) is 0 Å². The van der Waals surface area contributed by atoms with Crippen LogP contribution in [0, 0.1) is 0 Å². The molecule has 3 rings (SSSR count). The zero-order valence-electron chi connectivity index (χ0n) is 10.5. The van der Waals surface area contributed by atoms with Crippen LogP contribution in [0.5, 0.6) is 0 Å². The van der Waals surface area contributed by atoms with E-state index in [1.165, 1.54) is 42.6 Å². The Balaban J connectivity index is 1.88. The van der Waals surface area contributed by atoms with Crippen LogP contribution >= 0.6 is 11.8 Å². The molecule has 2 N–H and O–H groups in total. The topological polar surface area (TPSA) is 26.0 Å². The average molecular weight is 247 g/mol. The van der Waals surface area contributed by atoms with Gasteiger partial charge < -0.3 is 5.73 Å². The van der Waals surface area contributed by atoms with Crippen LogP contribution in [-0.2, 0) is 5.41 Å². The van der Waals surface area contributed by atoms with Gasteiger partial charge in [-0.2, -0.15) is 0 Å². The van der Waals surface area contributed by atoms with Gasteiger partial charge in [0.05, 0.1) is 0 Å². The molecule has 0 radical (unpaired) electrons. The Labute approximate surface area is 108 Å². The number of benzene rings is 1. The van der Waals surface area contributed by atoms with Crippen molar-refractivity contribution in [2.45, 2.75) is 60.6 Å². The second kappa shape index (κ2) is 4.33. The largest absolute Gasteiger partial charge is 0.327 e. The fourth-order valence-corrected chi connectivity index (χ4v) is 4.24. The normalized spacial score (nSPS) is 24.1. The summed E-state index contributed by atoms with van der Waals surface area (Å²) in [6.45, 7) is 2.16. The first-order valence-corrected chi connectivity index (χ1v) is 7.62. The minimum Gasteiger partial charge on any atom is -0.327 e. The SMILES string of the molecule is CC(N)C1(c2ccccc2SC2CCC2)CC1. The molecule has 1 aromatic rings. The standard InChI is InChI=1S/C15H21NS/c1-11(16)15(9-10-15)13-7-2-3-8-14(13)17-12-5-4-6-12/h2-3,7-8,11-12H,4-6,9-10,16H2,1H3. The van der Waals surface area contributed by atoms with E-state index in [1.807, 2.05) is 0 Å². The predicted octanol–water partition coefficient (Wildman–Crippen LogP) is 3.71. The van der Waals surface area contributed by atoms with Gasteiger partial charge in [0, 0.05) is 21.6 Å². The first kappa shape index (κ1) is 11.6. The summed E-state index contributed by atoms with van der Waals surface area (Å²) >= 11 is 2.09. The summed E-state index contributed by atoms with van der Waals surface area (Å²) in [7, 11) is 0. The minimum absolute atomic E-state index is 0.283. The van der Waals surface area contributed by atoms with Crippen molar-refractivity contribution in [3.63, 3.8) is 0 Å². The van der Waals surface area contributed by atoms with Crippen molar-refractivity contribution < 1.29 is 0 Å². The van der Waals surface area contributed by atoms with E-state index in [9.17, 15) is 0 Å². The molecule has 1 atom stereocenters. The van der Waals surface area contributed by atoms with Gasteiger partial charge in [-0.15, -0.1) is 11.8 Å². The number of rotatable bonds is 4. The molecule has 0 aliphatic heterocycles. The molecule has 2 aliphatic rings. The summed E-state index contributed by atoms with van der Waals surface area (Å²) in [4.78, 5) is 1.49. The lowest BCUT2D eigenvalue weighted by Gasteiger charge is -2.28. The van der Waals surface area contributed by atoms with E-state index >= 15 is 0 Å². The maximum atomic E-state index is 6.20. The Kier molecular flexibility index (Phi) is 2.95. The molecule has 0 heterocycles. The molecule has 2 aliphatic carbocycles. The molecule has 2 fully saturated rings. The lowest BCUT2D eigenvalue weighted by molar-refractivity contribution is 0.520. The van der Waals surface area contributed by atoms with E-state index in [2.05, 4.69) is 43.0 Å². The summed E-state index contributed by atoms with van der Waals surface area (Å²) in [6, 6.07) is 9.22. The van der Waals surface area contributed by atoms with E-state index in [-0.39, 0.29) is 6.04 Å². The van der Waals surface area contributed by atoms with Crippen LogP contribution in [0.4, 0.5) is 0 Å². The number of hydrogen-bond donors (Lipinski definition) is 1. The van der Waals surface area contributed by atoms with Crippen molar-refractivity contribution in [3.8, 4) is 0 Å². The van der Waals surface area contributed by atoms with Crippen molar-refractivity contribution in [1.29, 1.82) is 0 Å². The molecular weight excluding hydrogens is 226 g/mol. The summed E-state index contributed by atoms with van der Waals surface area (Å²) in [5.41, 5.74) is 8.02. The Hall–Kier alpha value is -0.470. The molecule has 0 amide bonds. The van der Waals surface area contributed by atoms with Gasteiger partial charge in [0.25, 0.3) is 0 Å². The smallest absolute Gasteiger partial charge is 0.0113 e. The van der Waals surface area contributed by atoms with Gasteiger partial charge in [0.2, 0.25) is 0 Å². The highest BCUT2D eigenvalue weighted by molar-refractivity contribution is 8.00. The number of thioether (sulfide) groups is 1. The molecule has 0 bridgehead atoms. The summed E-state index contributed by atoms with van der Waals surface area (Å²) in [6.07, 6.45) is 6.74. The molecule has 0 saturated heterocycles. The second-order valence-electron chi connectivity index (χ2n) is 5.61. The van der Waals surface area contributed by atoms with Crippen LogP contribution in [0.3, 0.4) is 0 Å². The second-order valence-corrected chi connectivity index (χ2v) is 6.95. The highest BCUT2D eigenvalue weighted by Gasteiger charge is 2.48. The maximum Gasteiger partial charge on any atom is 0.0113 e. The highest BCUT2D eigenvalue weighted by Crippen LogP contribution is 2.53. The van der Waals surface area contributed by atoms with Gasteiger partial charge in [-0.3, -0.25) is 0 Å². The number of hydrogen-bond acceptors (Lipinski definition) is 2. The van der Waals surface area contributed by atoms with Gasteiger partial charge >= 0.3 is 0 Å². The Morgan fingerprint density at radius 1 is 1.29 bits per heavy atom. The van der Waals surface area contributed by atoms with Crippen molar-refractivity contribution in [1.82, 2.24) is 0 Å². The van der Waals surface area contributed by atoms with Crippen LogP contribution in [0.15, 0.2) is 29.2 Å². The molecular formula is C15H21NS. The maximum absolute atomic E-state index is 6.20. The first-order valence-electron chi connectivity index (χ1n) is 6.74. The molecule has 1 unspecified atom stereocenters. The van der Waals surface area contributed by atoms with Crippen LogP contribution in [0.2, 0.25) is 0 Å². The molecule has 1 aromatic carbocycles. The third-order valence-electron chi connectivity index (χ3n) is 4.43. The summed E-state index contributed by atoms with van der Waals surface area (Å²) in [5.74, 6) is 0. The van der Waals surface area contributed by atoms with Crippen molar-refractivity contribution in [2.24, 2.45) is 5.73 Å². The van der Waals surface area contributed by atoms with E-state index in [1.54, 1.807) is 0 Å². The zero-order valence-corrected chi connectivity index (χ0v) is 11.3. The monoisotopic (exact) mass is 247 g/mol. The summed E-state index contributed by atoms with van der Waals surface area (Å²) in [5, 5.41) is 0.861. The predicted molar refractivity (Wildman–Crippen MR) is 74.5 cm³/mol. The van der Waals surface area contributed by atoms with Crippen molar-refractivity contribution in [3.05, 3.63) is 29.8 Å². The third-order valence-corrected chi connectivity index (χ3v) is 5.84. The highest BCUT2D eigenvalue weighted by atomic mass is 32.2. The molecule has 2 saturated carbocycles. The first-order chi connectivity index (χ1) is 8.22. The molecule has 2 heteroatoms. The summed E-state index contributed by atoms with van der Waals surface area (Å²) < 4.78 is 0. The fourth-order valence-electron chi connectivity index (χ4n) is 2.75. The van der Waals surface area contributed by atoms with Crippen molar-refractivity contribution in [2.75, 3.05) is 0 Å². The quantitative estimate of drug-likeness (QED) is 0.877. The molecule has 0 spiro atoms. The van der Waals surface area contributed by atoms with Gasteiger partial charge in [0.1, 0.15) is 0 Å². The average Bonchev–Trinajstić information content (AvgIpc) is 3.05. The van der Waals surface area contributed by atoms with Gasteiger partial charge in [-0.1, -0.05) is 24.6 Å². The molecule has 1 nitrogen and oxygen atoms in total. The van der Waals surface area contributed by atoms with Crippen LogP contribution < -0.4 is 5.73 Å². The Bertz CT molecular complexity index is 405. The zero-order chi connectivity index (χ0) is 11.9. The van der Waals surface area contributed by atoms with Crippen molar-refractivity contribution >= 4 is 11.8 Å². The molecule has 0 aromatic heterocycles. The van der Waals surface area contributed by atoms with E-state index < -0.39 is 0 Å². The Morgan fingerprint density at radius 3 is 2.53 bits per heavy atom. The molecule has 92 valence electrons. The lowest BCUT2D eigenvalue weighted by atomic mass is 9.89. The lowest BCUT2D eigenvalue weighted by Crippen LogP contribution is -2.32. The molecule has 17 heavy (non-hydrogen) atoms. The van der Waals surface area contributed by atoms with E-state index in [0.717, 1.165) is 5.25 Å². The fraction of sp³-hybridized carbons (Fsp3) is 0.600. The van der Waals surface area contributed by atoms with Gasteiger partial charge in [-0.05, 0) is 44.2 Å². The van der Waals surface area contributed by atoms with Crippen LogP contribution in [-0.4, -0.2) is 11.3 Å². The van der Waals surface area contributed by atoms with E-state index in [0.29, 0.717) is 5.41 Å². The van der Waals surface area contributed by atoms with Gasteiger partial charge in [-0.25, -0.2) is 0 Å². The van der Waals surface area contributed by atoms with Gasteiger partial charge in [0.15, 0.2) is 0 Å². The number of nitrogens with two attached hydrogens (primary N) is 1. The minimum atomic E-state index is 0.283. The van der Waals surface area contributed by atoms with Crippen LogP contribution in [0.1, 0.15) is 44.6 Å².